The number of hydrogen-bond donors (Lipinski definition) is 1. The molecule has 4 aromatic rings. The van der Waals surface area contributed by atoms with Gasteiger partial charge in [-0.25, -0.2) is 9.97 Å². The van der Waals surface area contributed by atoms with Gasteiger partial charge < -0.3 is 10.1 Å². The van der Waals surface area contributed by atoms with E-state index in [0.29, 0.717) is 6.54 Å². The van der Waals surface area contributed by atoms with Crippen LogP contribution in [0.2, 0.25) is 0 Å². The van der Waals surface area contributed by atoms with Crippen LogP contribution in [0, 0.1) is 0 Å². The summed E-state index contributed by atoms with van der Waals surface area (Å²) in [6.07, 6.45) is 1.57. The summed E-state index contributed by atoms with van der Waals surface area (Å²) in [7, 11) is 1.63. The van der Waals surface area contributed by atoms with Crippen molar-refractivity contribution in [2.24, 2.45) is 0 Å². The van der Waals surface area contributed by atoms with Crippen molar-refractivity contribution in [1.29, 1.82) is 0 Å². The van der Waals surface area contributed by atoms with Crippen LogP contribution in [0.3, 0.4) is 0 Å². The zero-order valence-electron chi connectivity index (χ0n) is 16.7. The average molecular weight is 436 g/mol. The topological polar surface area (TPSA) is 64.1 Å². The van der Waals surface area contributed by atoms with Gasteiger partial charge in [0.1, 0.15) is 21.9 Å². The van der Waals surface area contributed by atoms with Crippen LogP contribution in [-0.4, -0.2) is 28.2 Å². The van der Waals surface area contributed by atoms with E-state index in [1.807, 2.05) is 49.4 Å². The standard InChI is InChI=1S/C23H21N3O2S2/c1-15(21(27)24-13-16-8-10-18(28-2)11-9-16)29-22-19-12-20(17-6-4-3-5-7-17)30-23(19)26-14-25-22/h3-12,14-15H,13H2,1-2H3,(H,24,27)/t15-/m1/s1. The predicted molar refractivity (Wildman–Crippen MR) is 123 cm³/mol. The fraction of sp³-hybridized carbons (Fsp3) is 0.174. The fourth-order valence-corrected chi connectivity index (χ4v) is 4.95. The number of ether oxygens (including phenoxy) is 1. The van der Waals surface area contributed by atoms with Crippen LogP contribution in [0.1, 0.15) is 12.5 Å². The number of nitrogens with zero attached hydrogens (tertiary/aromatic N) is 2. The van der Waals surface area contributed by atoms with Crippen LogP contribution < -0.4 is 10.1 Å². The molecule has 0 aliphatic carbocycles. The van der Waals surface area contributed by atoms with Crippen LogP contribution in [-0.2, 0) is 11.3 Å². The molecule has 0 aliphatic rings. The molecular weight excluding hydrogens is 414 g/mol. The molecule has 0 saturated carbocycles. The van der Waals surface area contributed by atoms with Gasteiger partial charge in [0.2, 0.25) is 5.91 Å². The molecule has 0 spiro atoms. The molecule has 30 heavy (non-hydrogen) atoms. The highest BCUT2D eigenvalue weighted by atomic mass is 32.2. The van der Waals surface area contributed by atoms with Crippen LogP contribution >= 0.6 is 23.1 Å². The Kier molecular flexibility index (Phi) is 6.30. The van der Waals surface area contributed by atoms with Gasteiger partial charge in [0.25, 0.3) is 0 Å². The number of amides is 1. The average Bonchev–Trinajstić information content (AvgIpc) is 3.24. The Labute approximate surface area is 183 Å². The van der Waals surface area contributed by atoms with Crippen molar-refractivity contribution >= 4 is 39.2 Å². The number of nitrogens with one attached hydrogen (secondary N) is 1. The van der Waals surface area contributed by atoms with Gasteiger partial charge in [0.15, 0.2) is 0 Å². The third kappa shape index (κ3) is 4.63. The second-order valence-electron chi connectivity index (χ2n) is 6.70. The number of carbonyl (C=O) groups is 1. The summed E-state index contributed by atoms with van der Waals surface area (Å²) < 4.78 is 5.16. The van der Waals surface area contributed by atoms with E-state index in [4.69, 9.17) is 4.74 Å². The molecule has 5 nitrogen and oxygen atoms in total. The molecule has 0 saturated heterocycles. The summed E-state index contributed by atoms with van der Waals surface area (Å²) in [6.45, 7) is 2.37. The lowest BCUT2D eigenvalue weighted by atomic mass is 10.2. The molecule has 2 heterocycles. The lowest BCUT2D eigenvalue weighted by Crippen LogP contribution is -2.30. The molecule has 4 rings (SSSR count). The van der Waals surface area contributed by atoms with Crippen molar-refractivity contribution in [3.05, 3.63) is 72.6 Å². The zero-order valence-corrected chi connectivity index (χ0v) is 18.3. The summed E-state index contributed by atoms with van der Waals surface area (Å²) in [4.78, 5) is 23.5. The highest BCUT2D eigenvalue weighted by Crippen LogP contribution is 2.37. The first kappa shape index (κ1) is 20.4. The molecule has 2 aromatic heterocycles. The van der Waals surface area contributed by atoms with Crippen LogP contribution in [0.15, 0.2) is 72.0 Å². The number of benzene rings is 2. The second-order valence-corrected chi connectivity index (χ2v) is 9.06. The molecule has 1 amide bonds. The third-order valence-electron chi connectivity index (χ3n) is 4.63. The Morgan fingerprint density at radius 1 is 1.13 bits per heavy atom. The minimum Gasteiger partial charge on any atom is -0.497 e. The van der Waals surface area contributed by atoms with Crippen molar-refractivity contribution in [1.82, 2.24) is 15.3 Å². The zero-order chi connectivity index (χ0) is 20.9. The number of hydrogen-bond acceptors (Lipinski definition) is 6. The normalized spacial score (nSPS) is 11.9. The Morgan fingerprint density at radius 3 is 2.63 bits per heavy atom. The Hall–Kier alpha value is -2.90. The van der Waals surface area contributed by atoms with E-state index in [9.17, 15) is 4.79 Å². The summed E-state index contributed by atoms with van der Waals surface area (Å²) >= 11 is 3.09. The number of carbonyl (C=O) groups excluding carboxylic acids is 1. The first-order chi connectivity index (χ1) is 14.6. The smallest absolute Gasteiger partial charge is 0.233 e. The van der Waals surface area contributed by atoms with E-state index in [1.165, 1.54) is 11.8 Å². The first-order valence-corrected chi connectivity index (χ1v) is 11.2. The first-order valence-electron chi connectivity index (χ1n) is 9.51. The van der Waals surface area contributed by atoms with Crippen LogP contribution in [0.4, 0.5) is 0 Å². The number of aromatic nitrogens is 2. The molecule has 0 fully saturated rings. The highest BCUT2D eigenvalue weighted by molar-refractivity contribution is 8.00. The number of fused-ring (bicyclic) bond motifs is 1. The molecule has 0 aliphatic heterocycles. The third-order valence-corrected chi connectivity index (χ3v) is 6.84. The summed E-state index contributed by atoms with van der Waals surface area (Å²) in [6, 6.07) is 20.0. The molecule has 7 heteroatoms. The molecule has 0 unspecified atom stereocenters. The van der Waals surface area contributed by atoms with E-state index in [1.54, 1.807) is 24.8 Å². The number of rotatable bonds is 7. The minimum absolute atomic E-state index is 0.0268. The quantitative estimate of drug-likeness (QED) is 0.321. The molecule has 152 valence electrons. The van der Waals surface area contributed by atoms with Crippen molar-refractivity contribution in [2.45, 2.75) is 23.7 Å². The summed E-state index contributed by atoms with van der Waals surface area (Å²) in [5, 5.41) is 4.53. The van der Waals surface area contributed by atoms with Gasteiger partial charge in [0, 0.05) is 16.8 Å². The maximum Gasteiger partial charge on any atom is 0.233 e. The van der Waals surface area contributed by atoms with Gasteiger partial charge >= 0.3 is 0 Å². The lowest BCUT2D eigenvalue weighted by Gasteiger charge is -2.12. The van der Waals surface area contributed by atoms with Gasteiger partial charge in [-0.1, -0.05) is 54.2 Å². The molecule has 0 bridgehead atoms. The van der Waals surface area contributed by atoms with Crippen molar-refractivity contribution < 1.29 is 9.53 Å². The fourth-order valence-electron chi connectivity index (χ4n) is 2.97. The molecule has 0 radical (unpaired) electrons. The lowest BCUT2D eigenvalue weighted by molar-refractivity contribution is -0.120. The van der Waals surface area contributed by atoms with Crippen molar-refractivity contribution in [3.8, 4) is 16.2 Å². The Balaban J connectivity index is 1.45. The maximum absolute atomic E-state index is 12.6. The van der Waals surface area contributed by atoms with E-state index in [-0.39, 0.29) is 11.2 Å². The van der Waals surface area contributed by atoms with Crippen LogP contribution in [0.5, 0.6) is 5.75 Å². The molecule has 2 aromatic carbocycles. The highest BCUT2D eigenvalue weighted by Gasteiger charge is 2.18. The van der Waals surface area contributed by atoms with Gasteiger partial charge in [-0.05, 0) is 36.2 Å². The van der Waals surface area contributed by atoms with E-state index in [2.05, 4.69) is 33.5 Å². The monoisotopic (exact) mass is 435 g/mol. The maximum atomic E-state index is 12.6. The minimum atomic E-state index is -0.276. The van der Waals surface area contributed by atoms with Gasteiger partial charge in [-0.2, -0.15) is 0 Å². The van der Waals surface area contributed by atoms with Crippen molar-refractivity contribution in [3.63, 3.8) is 0 Å². The Morgan fingerprint density at radius 2 is 1.90 bits per heavy atom. The number of methoxy groups -OCH3 is 1. The van der Waals surface area contributed by atoms with Gasteiger partial charge in [0.05, 0.1) is 12.4 Å². The van der Waals surface area contributed by atoms with Gasteiger partial charge in [-0.3, -0.25) is 4.79 Å². The molecule has 1 N–H and O–H groups in total. The molecule has 1 atom stereocenters. The summed E-state index contributed by atoms with van der Waals surface area (Å²) in [5.74, 6) is 0.772. The molecular formula is C23H21N3O2S2. The van der Waals surface area contributed by atoms with Gasteiger partial charge in [-0.15, -0.1) is 11.3 Å². The van der Waals surface area contributed by atoms with E-state index >= 15 is 0 Å². The van der Waals surface area contributed by atoms with Crippen molar-refractivity contribution in [2.75, 3.05) is 7.11 Å². The largest absolute Gasteiger partial charge is 0.497 e. The van der Waals surface area contributed by atoms with E-state index in [0.717, 1.165) is 37.0 Å². The second kappa shape index (κ2) is 9.28. The SMILES string of the molecule is COc1ccc(CNC(=O)[C@@H](C)Sc2ncnc3sc(-c4ccccc4)cc23)cc1. The predicted octanol–water partition coefficient (Wildman–Crippen LogP) is 5.16. The number of thioether (sulfide) groups is 1. The summed E-state index contributed by atoms with van der Waals surface area (Å²) in [5.41, 5.74) is 2.18. The van der Waals surface area contributed by atoms with E-state index < -0.39 is 0 Å². The van der Waals surface area contributed by atoms with Crippen LogP contribution in [0.25, 0.3) is 20.7 Å². The Bertz CT molecular complexity index is 1140. The number of thiophene rings is 1.